The Morgan fingerprint density at radius 3 is 2.48 bits per heavy atom. The molecule has 2 nitrogen and oxygen atoms in total. The first-order chi connectivity index (χ1) is 11.0. The van der Waals surface area contributed by atoms with E-state index < -0.39 is 0 Å². The minimum atomic E-state index is 0.629. The number of benzene rings is 2. The fourth-order valence-electron chi connectivity index (χ4n) is 3.05. The Labute approximate surface area is 156 Å². The second-order valence-electron chi connectivity index (χ2n) is 5.92. The summed E-state index contributed by atoms with van der Waals surface area (Å²) >= 11 is 16.1. The number of halogens is 3. The highest BCUT2D eigenvalue weighted by atomic mass is 79.9. The molecule has 1 heterocycles. The zero-order valence-corrected chi connectivity index (χ0v) is 16.1. The Balaban J connectivity index is 1.66. The highest BCUT2D eigenvalue weighted by Gasteiger charge is 2.21. The van der Waals surface area contributed by atoms with Crippen LogP contribution in [0.5, 0.6) is 0 Å². The molecule has 2 aromatic rings. The molecular weight excluding hydrogens is 395 g/mol. The third-order valence-electron chi connectivity index (χ3n) is 4.25. The summed E-state index contributed by atoms with van der Waals surface area (Å²) in [5.41, 5.74) is 3.60. The van der Waals surface area contributed by atoms with Crippen LogP contribution in [0.1, 0.15) is 11.1 Å². The molecule has 0 bridgehead atoms. The highest BCUT2D eigenvalue weighted by molar-refractivity contribution is 9.10. The SMILES string of the molecule is Cc1ccc(Cl)c(Cl)c1N1CCN(Cc2cccc(Br)c2)CC1. The van der Waals surface area contributed by atoms with Crippen LogP contribution in [-0.2, 0) is 6.54 Å². The summed E-state index contributed by atoms with van der Waals surface area (Å²) in [4.78, 5) is 4.83. The van der Waals surface area contributed by atoms with E-state index in [-0.39, 0.29) is 0 Å². The zero-order valence-electron chi connectivity index (χ0n) is 13.0. The Bertz CT molecular complexity index is 697. The maximum absolute atomic E-state index is 6.42. The van der Waals surface area contributed by atoms with Crippen LogP contribution >= 0.6 is 39.1 Å². The number of hydrogen-bond acceptors (Lipinski definition) is 2. The van der Waals surface area contributed by atoms with E-state index in [1.165, 1.54) is 11.1 Å². The summed E-state index contributed by atoms with van der Waals surface area (Å²) in [6, 6.07) is 12.4. The second-order valence-corrected chi connectivity index (χ2v) is 7.62. The fraction of sp³-hybridized carbons (Fsp3) is 0.333. The van der Waals surface area contributed by atoms with Crippen molar-refractivity contribution in [1.82, 2.24) is 4.90 Å². The van der Waals surface area contributed by atoms with Crippen LogP contribution in [0.3, 0.4) is 0 Å². The van der Waals surface area contributed by atoms with Crippen LogP contribution in [0.15, 0.2) is 40.9 Å². The van der Waals surface area contributed by atoms with Gasteiger partial charge in [-0.2, -0.15) is 0 Å². The molecule has 122 valence electrons. The first-order valence-corrected chi connectivity index (χ1v) is 9.26. The molecule has 0 atom stereocenters. The van der Waals surface area contributed by atoms with Crippen molar-refractivity contribution in [3.8, 4) is 0 Å². The molecule has 0 aromatic heterocycles. The van der Waals surface area contributed by atoms with Crippen molar-refractivity contribution in [3.63, 3.8) is 0 Å². The van der Waals surface area contributed by atoms with Crippen LogP contribution < -0.4 is 4.90 Å². The lowest BCUT2D eigenvalue weighted by atomic mass is 10.1. The average molecular weight is 414 g/mol. The van der Waals surface area contributed by atoms with Crippen molar-refractivity contribution in [3.05, 3.63) is 62.0 Å². The molecule has 5 heteroatoms. The molecule has 0 unspecified atom stereocenters. The zero-order chi connectivity index (χ0) is 16.4. The molecule has 1 aliphatic heterocycles. The number of nitrogens with zero attached hydrogens (tertiary/aromatic N) is 2. The van der Waals surface area contributed by atoms with Crippen LogP contribution in [-0.4, -0.2) is 31.1 Å². The normalized spacial score (nSPS) is 15.9. The quantitative estimate of drug-likeness (QED) is 0.665. The van der Waals surface area contributed by atoms with E-state index in [4.69, 9.17) is 23.2 Å². The van der Waals surface area contributed by atoms with Gasteiger partial charge in [0.2, 0.25) is 0 Å². The second kappa shape index (κ2) is 7.43. The van der Waals surface area contributed by atoms with Crippen molar-refractivity contribution in [1.29, 1.82) is 0 Å². The van der Waals surface area contributed by atoms with Crippen molar-refractivity contribution >= 4 is 44.8 Å². The van der Waals surface area contributed by atoms with E-state index in [2.05, 4.69) is 56.9 Å². The van der Waals surface area contributed by atoms with Crippen LogP contribution in [0.2, 0.25) is 10.0 Å². The molecule has 3 rings (SSSR count). The number of rotatable bonds is 3. The fourth-order valence-corrected chi connectivity index (χ4v) is 3.98. The molecule has 2 aromatic carbocycles. The van der Waals surface area contributed by atoms with Gasteiger partial charge in [0, 0.05) is 37.2 Å². The lowest BCUT2D eigenvalue weighted by molar-refractivity contribution is 0.250. The monoisotopic (exact) mass is 412 g/mol. The van der Waals surface area contributed by atoms with E-state index in [9.17, 15) is 0 Å². The van der Waals surface area contributed by atoms with Crippen molar-refractivity contribution in [2.24, 2.45) is 0 Å². The molecule has 0 radical (unpaired) electrons. The summed E-state index contributed by atoms with van der Waals surface area (Å²) in [7, 11) is 0. The molecule has 0 amide bonds. The maximum atomic E-state index is 6.42. The van der Waals surface area contributed by atoms with Gasteiger partial charge < -0.3 is 4.90 Å². The van der Waals surface area contributed by atoms with Crippen LogP contribution in [0, 0.1) is 6.92 Å². The summed E-state index contributed by atoms with van der Waals surface area (Å²) in [6.07, 6.45) is 0. The smallest absolute Gasteiger partial charge is 0.0828 e. The van der Waals surface area contributed by atoms with Crippen LogP contribution in [0.25, 0.3) is 0 Å². The topological polar surface area (TPSA) is 6.48 Å². The molecule has 1 aliphatic rings. The molecule has 0 saturated carbocycles. The lowest BCUT2D eigenvalue weighted by Gasteiger charge is -2.37. The first kappa shape index (κ1) is 17.1. The number of hydrogen-bond donors (Lipinski definition) is 0. The summed E-state index contributed by atoms with van der Waals surface area (Å²) < 4.78 is 1.13. The van der Waals surface area contributed by atoms with Crippen LogP contribution in [0.4, 0.5) is 5.69 Å². The van der Waals surface area contributed by atoms with Gasteiger partial charge in [-0.15, -0.1) is 0 Å². The highest BCUT2D eigenvalue weighted by Crippen LogP contribution is 2.36. The number of aryl methyl sites for hydroxylation is 1. The average Bonchev–Trinajstić information content (AvgIpc) is 2.53. The predicted molar refractivity (Wildman–Crippen MR) is 103 cm³/mol. The molecule has 0 aliphatic carbocycles. The lowest BCUT2D eigenvalue weighted by Crippen LogP contribution is -2.46. The van der Waals surface area contributed by atoms with E-state index >= 15 is 0 Å². The summed E-state index contributed by atoms with van der Waals surface area (Å²) in [5.74, 6) is 0. The largest absolute Gasteiger partial charge is 0.368 e. The van der Waals surface area contributed by atoms with Crippen molar-refractivity contribution < 1.29 is 0 Å². The van der Waals surface area contributed by atoms with Gasteiger partial charge in [-0.3, -0.25) is 4.90 Å². The first-order valence-electron chi connectivity index (χ1n) is 7.71. The van der Waals surface area contributed by atoms with E-state index in [1.54, 1.807) is 0 Å². The van der Waals surface area contributed by atoms with Gasteiger partial charge in [0.05, 0.1) is 15.7 Å². The van der Waals surface area contributed by atoms with Gasteiger partial charge in [0.25, 0.3) is 0 Å². The van der Waals surface area contributed by atoms with Gasteiger partial charge in [-0.25, -0.2) is 0 Å². The molecule has 0 N–H and O–H groups in total. The third-order valence-corrected chi connectivity index (χ3v) is 5.54. The number of anilines is 1. The summed E-state index contributed by atoms with van der Waals surface area (Å²) in [6.45, 7) is 7.05. The minimum Gasteiger partial charge on any atom is -0.368 e. The molecular formula is C18H19BrCl2N2. The standard InChI is InChI=1S/C18H19BrCl2N2/c1-13-5-6-16(20)17(21)18(13)23-9-7-22(8-10-23)12-14-3-2-4-15(19)11-14/h2-6,11H,7-10,12H2,1H3. The molecule has 23 heavy (non-hydrogen) atoms. The van der Waals surface area contributed by atoms with E-state index in [1.807, 2.05) is 12.1 Å². The van der Waals surface area contributed by atoms with E-state index in [0.29, 0.717) is 10.0 Å². The van der Waals surface area contributed by atoms with Gasteiger partial charge in [-0.05, 0) is 36.2 Å². The minimum absolute atomic E-state index is 0.629. The summed E-state index contributed by atoms with van der Waals surface area (Å²) in [5, 5.41) is 1.30. The van der Waals surface area contributed by atoms with Gasteiger partial charge in [0.15, 0.2) is 0 Å². The number of piperazine rings is 1. The van der Waals surface area contributed by atoms with Crippen molar-refractivity contribution in [2.45, 2.75) is 13.5 Å². The van der Waals surface area contributed by atoms with Crippen molar-refractivity contribution in [2.75, 3.05) is 31.1 Å². The Morgan fingerprint density at radius 1 is 1.04 bits per heavy atom. The molecule has 1 saturated heterocycles. The Kier molecular flexibility index (Phi) is 5.53. The molecule has 0 spiro atoms. The van der Waals surface area contributed by atoms with Gasteiger partial charge in [0.1, 0.15) is 0 Å². The third kappa shape index (κ3) is 4.03. The Morgan fingerprint density at radius 2 is 1.78 bits per heavy atom. The molecule has 1 fully saturated rings. The maximum Gasteiger partial charge on any atom is 0.0828 e. The van der Waals surface area contributed by atoms with E-state index in [0.717, 1.165) is 42.9 Å². The predicted octanol–water partition coefficient (Wildman–Crippen LogP) is 5.39. The Hall–Kier alpha value is -0.740. The van der Waals surface area contributed by atoms with Gasteiger partial charge in [-0.1, -0.05) is 57.3 Å². The van der Waals surface area contributed by atoms with Gasteiger partial charge >= 0.3 is 0 Å².